The number of amides is 2. The Balaban J connectivity index is 1.39. The number of urea groups is 1. The van der Waals surface area contributed by atoms with Gasteiger partial charge in [0.05, 0.1) is 17.6 Å². The van der Waals surface area contributed by atoms with Crippen LogP contribution >= 0.6 is 0 Å². The number of carbonyl (C=O) groups is 1. The summed E-state index contributed by atoms with van der Waals surface area (Å²) in [6.45, 7) is -1.40. The summed E-state index contributed by atoms with van der Waals surface area (Å²) in [7, 11) is 0. The largest absolute Gasteiger partial charge is 0.405 e. The van der Waals surface area contributed by atoms with Crippen LogP contribution in [0.3, 0.4) is 0 Å². The number of nitrogens with zero attached hydrogens (tertiary/aromatic N) is 4. The van der Waals surface area contributed by atoms with E-state index < -0.39 is 18.8 Å². The van der Waals surface area contributed by atoms with Crippen molar-refractivity contribution in [3.63, 3.8) is 0 Å². The average molecular weight is 476 g/mol. The average Bonchev–Trinajstić information content (AvgIpc) is 3.53. The van der Waals surface area contributed by atoms with Gasteiger partial charge in [-0.2, -0.15) is 18.3 Å². The lowest BCUT2D eigenvalue weighted by atomic mass is 10.1. The highest BCUT2D eigenvalue weighted by molar-refractivity contribution is 5.90. The van der Waals surface area contributed by atoms with E-state index in [-0.39, 0.29) is 0 Å². The zero-order chi connectivity index (χ0) is 24.4. The molecule has 0 bridgehead atoms. The third-order valence-corrected chi connectivity index (χ3v) is 5.33. The molecule has 0 fully saturated rings. The van der Waals surface area contributed by atoms with Gasteiger partial charge in [0.15, 0.2) is 0 Å². The molecule has 7 nitrogen and oxygen atoms in total. The minimum Gasteiger partial charge on any atom is -0.329 e. The summed E-state index contributed by atoms with van der Waals surface area (Å²) >= 11 is 0. The summed E-state index contributed by atoms with van der Waals surface area (Å²) in [5, 5.41) is 8.49. The van der Waals surface area contributed by atoms with Crippen molar-refractivity contribution in [1.82, 2.24) is 24.5 Å². The van der Waals surface area contributed by atoms with Crippen LogP contribution < -0.4 is 10.6 Å². The Bertz CT molecular complexity index is 1490. The number of hydrogen-bond donors (Lipinski definition) is 2. The fourth-order valence-corrected chi connectivity index (χ4v) is 3.74. The molecule has 5 aromatic rings. The van der Waals surface area contributed by atoms with Crippen LogP contribution in [0.5, 0.6) is 0 Å². The molecule has 5 rings (SSSR count). The fraction of sp³-hybridized carbons (Fsp3) is 0.0800. The first-order valence-corrected chi connectivity index (χ1v) is 10.7. The van der Waals surface area contributed by atoms with E-state index in [2.05, 4.69) is 15.4 Å². The van der Waals surface area contributed by atoms with Gasteiger partial charge in [0, 0.05) is 29.8 Å². The van der Waals surface area contributed by atoms with E-state index in [0.717, 1.165) is 33.7 Å². The van der Waals surface area contributed by atoms with E-state index in [0.29, 0.717) is 5.69 Å². The minimum atomic E-state index is -4.48. The molecule has 0 aliphatic carbocycles. The standard InChI is InChI=1S/C25H19F3N6O/c26-25(27,28)16-30-24(35)32-20-6-1-5-19(12-20)22-15-29-23-14-18(8-11-33(22)23)17-4-2-7-21(13-17)34-10-3-9-31-34/h1-15H,16H2,(H2,30,32,35). The summed E-state index contributed by atoms with van der Waals surface area (Å²) in [5.41, 5.74) is 5.56. The molecule has 2 amide bonds. The Labute approximate surface area is 197 Å². The minimum absolute atomic E-state index is 0.365. The number of aromatic nitrogens is 4. The molecule has 2 aromatic carbocycles. The van der Waals surface area contributed by atoms with E-state index in [9.17, 15) is 18.0 Å². The maximum atomic E-state index is 12.3. The van der Waals surface area contributed by atoms with Crippen molar-refractivity contribution < 1.29 is 18.0 Å². The van der Waals surface area contributed by atoms with Gasteiger partial charge in [0.2, 0.25) is 0 Å². The summed E-state index contributed by atoms with van der Waals surface area (Å²) in [5.74, 6) is 0. The second-order valence-corrected chi connectivity index (χ2v) is 7.79. The van der Waals surface area contributed by atoms with Crippen molar-refractivity contribution in [2.24, 2.45) is 0 Å². The maximum absolute atomic E-state index is 12.3. The second-order valence-electron chi connectivity index (χ2n) is 7.79. The van der Waals surface area contributed by atoms with Crippen LogP contribution in [-0.2, 0) is 0 Å². The first-order valence-electron chi connectivity index (χ1n) is 10.7. The molecule has 0 radical (unpaired) electrons. The molecule has 2 N–H and O–H groups in total. The molecule has 176 valence electrons. The zero-order valence-electron chi connectivity index (χ0n) is 18.2. The molecule has 0 atom stereocenters. The van der Waals surface area contributed by atoms with Crippen LogP contribution in [-0.4, -0.2) is 37.9 Å². The number of rotatable bonds is 5. The predicted molar refractivity (Wildman–Crippen MR) is 126 cm³/mol. The molecular formula is C25H19F3N6O. The van der Waals surface area contributed by atoms with Crippen molar-refractivity contribution in [2.75, 3.05) is 11.9 Å². The number of alkyl halides is 3. The van der Waals surface area contributed by atoms with Crippen LogP contribution in [0, 0.1) is 0 Å². The monoisotopic (exact) mass is 476 g/mol. The Morgan fingerprint density at radius 1 is 0.914 bits per heavy atom. The third kappa shape index (κ3) is 5.01. The molecule has 0 unspecified atom stereocenters. The first kappa shape index (κ1) is 22.2. The Kier molecular flexibility index (Phi) is 5.69. The van der Waals surface area contributed by atoms with Gasteiger partial charge in [-0.05, 0) is 53.6 Å². The molecule has 3 aromatic heterocycles. The van der Waals surface area contributed by atoms with Crippen molar-refractivity contribution in [3.05, 3.63) is 91.5 Å². The number of imidazole rings is 1. The van der Waals surface area contributed by atoms with Crippen molar-refractivity contribution in [2.45, 2.75) is 6.18 Å². The Morgan fingerprint density at radius 3 is 2.51 bits per heavy atom. The predicted octanol–water partition coefficient (Wildman–Crippen LogP) is 5.54. The number of nitrogens with one attached hydrogen (secondary N) is 2. The Morgan fingerprint density at radius 2 is 1.71 bits per heavy atom. The summed E-state index contributed by atoms with van der Waals surface area (Å²) in [6.07, 6.45) is 2.75. The number of anilines is 1. The number of pyridine rings is 1. The molecule has 10 heteroatoms. The van der Waals surface area contributed by atoms with Crippen LogP contribution in [0.1, 0.15) is 0 Å². The van der Waals surface area contributed by atoms with Crippen LogP contribution in [0.2, 0.25) is 0 Å². The topological polar surface area (TPSA) is 76.2 Å². The van der Waals surface area contributed by atoms with Gasteiger partial charge in [0.1, 0.15) is 12.2 Å². The summed E-state index contributed by atoms with van der Waals surface area (Å²) < 4.78 is 40.7. The molecule has 0 saturated heterocycles. The van der Waals surface area contributed by atoms with Crippen molar-refractivity contribution in [1.29, 1.82) is 0 Å². The SMILES string of the molecule is O=C(NCC(F)(F)F)Nc1cccc(-c2cnc3cc(-c4cccc(-n5cccn5)c4)ccn23)c1. The normalized spacial score (nSPS) is 11.5. The highest BCUT2D eigenvalue weighted by atomic mass is 19.4. The molecular weight excluding hydrogens is 457 g/mol. The number of halogens is 3. The third-order valence-electron chi connectivity index (χ3n) is 5.33. The van der Waals surface area contributed by atoms with Gasteiger partial charge in [-0.1, -0.05) is 24.3 Å². The van der Waals surface area contributed by atoms with E-state index in [4.69, 9.17) is 0 Å². The van der Waals surface area contributed by atoms with Gasteiger partial charge in [-0.3, -0.25) is 4.40 Å². The highest BCUT2D eigenvalue weighted by Gasteiger charge is 2.27. The van der Waals surface area contributed by atoms with Gasteiger partial charge < -0.3 is 10.6 Å². The summed E-state index contributed by atoms with van der Waals surface area (Å²) in [6, 6.07) is 19.7. The van der Waals surface area contributed by atoms with E-state index in [1.807, 2.05) is 65.3 Å². The maximum Gasteiger partial charge on any atom is 0.405 e. The molecule has 0 aliphatic rings. The number of fused-ring (bicyclic) bond motifs is 1. The van der Waals surface area contributed by atoms with E-state index >= 15 is 0 Å². The summed E-state index contributed by atoms with van der Waals surface area (Å²) in [4.78, 5) is 16.3. The van der Waals surface area contributed by atoms with Crippen LogP contribution in [0.25, 0.3) is 33.7 Å². The molecule has 35 heavy (non-hydrogen) atoms. The lowest BCUT2D eigenvalue weighted by molar-refractivity contribution is -0.122. The van der Waals surface area contributed by atoms with Crippen molar-refractivity contribution in [3.8, 4) is 28.1 Å². The van der Waals surface area contributed by atoms with Gasteiger partial charge >= 0.3 is 12.2 Å². The van der Waals surface area contributed by atoms with E-state index in [1.54, 1.807) is 40.6 Å². The van der Waals surface area contributed by atoms with Crippen molar-refractivity contribution >= 4 is 17.4 Å². The lowest BCUT2D eigenvalue weighted by Crippen LogP contribution is -2.36. The number of hydrogen-bond acceptors (Lipinski definition) is 3. The van der Waals surface area contributed by atoms with Gasteiger partial charge in [0.25, 0.3) is 0 Å². The smallest absolute Gasteiger partial charge is 0.329 e. The first-order chi connectivity index (χ1) is 16.9. The number of carbonyl (C=O) groups excluding carboxylic acids is 1. The van der Waals surface area contributed by atoms with Gasteiger partial charge in [-0.25, -0.2) is 14.5 Å². The molecule has 0 saturated carbocycles. The molecule has 0 aliphatic heterocycles. The van der Waals surface area contributed by atoms with Crippen LogP contribution in [0.15, 0.2) is 91.5 Å². The molecule has 3 heterocycles. The second kappa shape index (κ2) is 8.98. The molecule has 0 spiro atoms. The Hall–Kier alpha value is -4.60. The fourth-order valence-electron chi connectivity index (χ4n) is 3.74. The van der Waals surface area contributed by atoms with Gasteiger partial charge in [-0.15, -0.1) is 0 Å². The zero-order valence-corrected chi connectivity index (χ0v) is 18.2. The van der Waals surface area contributed by atoms with E-state index in [1.165, 1.54) is 0 Å². The highest BCUT2D eigenvalue weighted by Crippen LogP contribution is 2.27. The van der Waals surface area contributed by atoms with Crippen LogP contribution in [0.4, 0.5) is 23.7 Å². The lowest BCUT2D eigenvalue weighted by Gasteiger charge is -2.11. The quantitative estimate of drug-likeness (QED) is 0.350. The number of benzene rings is 2.